The molecule has 241 valence electrons. The second kappa shape index (κ2) is 11.3. The Kier molecular flexibility index (Phi) is 6.98. The van der Waals surface area contributed by atoms with Crippen molar-refractivity contribution in [3.63, 3.8) is 0 Å². The fourth-order valence-corrected chi connectivity index (χ4v) is 5.81. The zero-order valence-corrected chi connectivity index (χ0v) is 26.9. The number of hydrogen-bond acceptors (Lipinski definition) is 8. The van der Waals surface area contributed by atoms with E-state index in [4.69, 9.17) is 44.8 Å². The smallest absolute Gasteiger partial charge is 0.492 e. The van der Waals surface area contributed by atoms with Crippen molar-refractivity contribution in [1.82, 2.24) is 40.1 Å². The Labute approximate surface area is 288 Å². The summed E-state index contributed by atoms with van der Waals surface area (Å²) in [5, 5.41) is 22.3. The van der Waals surface area contributed by atoms with E-state index in [-0.39, 0.29) is 23.7 Å². The average Bonchev–Trinajstić information content (AvgIpc) is 3.83. The molecular formula is C36H24CuN9O3+. The molecule has 0 unspecified atom stereocenters. The molecular weight excluding hydrogens is 670 g/mol. The van der Waals surface area contributed by atoms with Gasteiger partial charge in [-0.05, 0) is 54.3 Å². The Balaban J connectivity index is 0.00000348. The van der Waals surface area contributed by atoms with Crippen molar-refractivity contribution in [2.75, 3.05) is 6.61 Å². The predicted molar refractivity (Wildman–Crippen MR) is 177 cm³/mol. The van der Waals surface area contributed by atoms with Crippen molar-refractivity contribution in [2.45, 2.75) is 13.8 Å². The van der Waals surface area contributed by atoms with Gasteiger partial charge in [0.25, 0.3) is 5.69 Å². The van der Waals surface area contributed by atoms with Crippen molar-refractivity contribution in [1.29, 1.82) is 0 Å². The van der Waals surface area contributed by atoms with Crippen LogP contribution >= 0.6 is 0 Å². The summed E-state index contributed by atoms with van der Waals surface area (Å²) in [7, 11) is 0. The Bertz CT molecular complexity index is 2660. The number of carboxylic acid groups (broad SMARTS) is 1. The summed E-state index contributed by atoms with van der Waals surface area (Å²) in [6, 6.07) is 28.7. The van der Waals surface area contributed by atoms with Gasteiger partial charge in [-0.3, -0.25) is 4.79 Å². The summed E-state index contributed by atoms with van der Waals surface area (Å²) in [5.41, 5.74) is 3.79. The van der Waals surface area contributed by atoms with Gasteiger partial charge in [0.1, 0.15) is 12.4 Å². The third-order valence-electron chi connectivity index (χ3n) is 8.48. The summed E-state index contributed by atoms with van der Waals surface area (Å²) in [6.45, 7) is 3.21. The minimum atomic E-state index is -1.08. The number of ether oxygens (including phenoxy) is 1. The van der Waals surface area contributed by atoms with Gasteiger partial charge in [-0.25, -0.2) is 4.98 Å². The number of rotatable bonds is 4. The number of aromatic nitrogens is 9. The Morgan fingerprint density at radius 3 is 1.88 bits per heavy atom. The molecule has 0 amide bonds. The van der Waals surface area contributed by atoms with Crippen molar-refractivity contribution >= 4 is 50.1 Å². The van der Waals surface area contributed by atoms with Gasteiger partial charge in [0.05, 0.1) is 28.3 Å². The molecule has 7 aromatic rings. The first kappa shape index (κ1) is 30.3. The van der Waals surface area contributed by atoms with E-state index in [1.54, 1.807) is 26.0 Å². The molecule has 3 aromatic heterocycles. The van der Waals surface area contributed by atoms with Crippen molar-refractivity contribution in [3.05, 3.63) is 91.0 Å². The van der Waals surface area contributed by atoms with Crippen LogP contribution in [-0.4, -0.2) is 47.8 Å². The quantitative estimate of drug-likeness (QED) is 0.190. The standard InChI is InChI=1S/C36H25N9O3.Cu/c1-36(2,35(46)47)18-48-19-15-16-24-26(17-19)34-42-32(24)40-30-21-10-4-3-9-20(21)28(38-30)37-29-22-11-5-6-12-23(22)31(39-29)41-33-25-13-7-8-14-27(25)45(43-33)44-34;/h3-17H,18H2,1-2H3,(H2,37,38,39,40,41,42,43,44,46,47);/q;+2/p-1. The Hall–Kier alpha value is -6.04. The Morgan fingerprint density at radius 1 is 0.673 bits per heavy atom. The normalized spacial score (nSPS) is 12.0. The molecule has 1 radical (unpaired) electrons. The molecule has 0 aliphatic carbocycles. The SMILES string of the molecule is CC(C)(COc1ccc2c3nc4nc(nc5[n-]c(nc6n[n+](nc([n-]3)c2c1)-c1ccccc1-6)c1ccccc51)-c1ccccc1-4)C(=O)O.[Cu+2]. The molecule has 0 saturated heterocycles. The molecule has 8 bridgehead atoms. The van der Waals surface area contributed by atoms with Gasteiger partial charge in [0.15, 0.2) is 5.82 Å². The monoisotopic (exact) mass is 693 g/mol. The first-order chi connectivity index (χ1) is 23.3. The van der Waals surface area contributed by atoms with Crippen LogP contribution in [0.2, 0.25) is 0 Å². The number of carbonyl (C=O) groups is 1. The van der Waals surface area contributed by atoms with Gasteiger partial charge in [-0.1, -0.05) is 65.8 Å². The van der Waals surface area contributed by atoms with E-state index >= 15 is 0 Å². The summed E-state index contributed by atoms with van der Waals surface area (Å²) in [5.74, 6) is 0.905. The van der Waals surface area contributed by atoms with Gasteiger partial charge in [0.2, 0.25) is 0 Å². The van der Waals surface area contributed by atoms with E-state index in [1.165, 1.54) is 4.80 Å². The predicted octanol–water partition coefficient (Wildman–Crippen LogP) is 5.22. The van der Waals surface area contributed by atoms with Crippen LogP contribution in [0.15, 0.2) is 91.0 Å². The Morgan fingerprint density at radius 2 is 1.22 bits per heavy atom. The van der Waals surface area contributed by atoms with Gasteiger partial charge in [-0.2, -0.15) is 0 Å². The molecule has 0 fully saturated rings. The van der Waals surface area contributed by atoms with E-state index in [9.17, 15) is 9.90 Å². The van der Waals surface area contributed by atoms with Crippen molar-refractivity contribution < 1.29 is 36.5 Å². The van der Waals surface area contributed by atoms with E-state index in [0.29, 0.717) is 56.6 Å². The number of benzene rings is 4. The van der Waals surface area contributed by atoms with E-state index in [0.717, 1.165) is 33.2 Å². The molecule has 0 spiro atoms. The summed E-state index contributed by atoms with van der Waals surface area (Å²) < 4.78 is 5.96. The molecule has 0 saturated carbocycles. The van der Waals surface area contributed by atoms with Gasteiger partial charge >= 0.3 is 23.0 Å². The van der Waals surface area contributed by atoms with Crippen LogP contribution in [0.25, 0.3) is 84.0 Å². The summed E-state index contributed by atoms with van der Waals surface area (Å²) >= 11 is 0. The molecule has 13 heteroatoms. The van der Waals surface area contributed by atoms with Gasteiger partial charge < -0.3 is 34.8 Å². The van der Waals surface area contributed by atoms with Crippen LogP contribution in [0.3, 0.4) is 0 Å². The van der Waals surface area contributed by atoms with Gasteiger partial charge in [-0.15, -0.1) is 0 Å². The van der Waals surface area contributed by atoms with Crippen LogP contribution in [0, 0.1) is 5.41 Å². The maximum Gasteiger partial charge on any atom is 2.00 e. The fourth-order valence-electron chi connectivity index (χ4n) is 5.81. The number of carboxylic acids is 1. The van der Waals surface area contributed by atoms with E-state index in [2.05, 4.69) is 0 Å². The third kappa shape index (κ3) is 4.98. The summed E-state index contributed by atoms with van der Waals surface area (Å²) in [6.07, 6.45) is 0. The zero-order valence-electron chi connectivity index (χ0n) is 26.0. The van der Waals surface area contributed by atoms with Crippen LogP contribution in [0.1, 0.15) is 13.8 Å². The molecule has 2 aliphatic heterocycles. The molecule has 2 aliphatic rings. The molecule has 12 nitrogen and oxygen atoms in total. The maximum absolute atomic E-state index is 11.7. The summed E-state index contributed by atoms with van der Waals surface area (Å²) in [4.78, 5) is 42.7. The minimum absolute atomic E-state index is 0. The van der Waals surface area contributed by atoms with Gasteiger partial charge in [0, 0.05) is 49.4 Å². The van der Waals surface area contributed by atoms with Crippen molar-refractivity contribution in [2.24, 2.45) is 5.41 Å². The second-order valence-electron chi connectivity index (χ2n) is 12.2. The third-order valence-corrected chi connectivity index (χ3v) is 8.48. The minimum Gasteiger partial charge on any atom is -0.492 e. The molecule has 0 atom stereocenters. The number of nitrogens with zero attached hydrogens (tertiary/aromatic N) is 9. The van der Waals surface area contributed by atoms with E-state index in [1.807, 2.05) is 78.9 Å². The number of hydrogen-bond donors (Lipinski definition) is 1. The average molecular weight is 694 g/mol. The van der Waals surface area contributed by atoms with E-state index < -0.39 is 11.4 Å². The number of fused-ring (bicyclic) bond motifs is 20. The van der Waals surface area contributed by atoms with Crippen molar-refractivity contribution in [3.8, 4) is 45.6 Å². The molecule has 5 heterocycles. The number of aliphatic carboxylic acids is 1. The fraction of sp³-hybridized carbons (Fsp3) is 0.111. The number of para-hydroxylation sites is 1. The second-order valence-corrected chi connectivity index (χ2v) is 12.2. The first-order valence-electron chi connectivity index (χ1n) is 15.2. The van der Waals surface area contributed by atoms with Crippen LogP contribution in [0.5, 0.6) is 5.75 Å². The van der Waals surface area contributed by atoms with Crippen LogP contribution < -0.4 is 19.5 Å². The molecule has 9 rings (SSSR count). The molecule has 49 heavy (non-hydrogen) atoms. The first-order valence-corrected chi connectivity index (χ1v) is 15.2. The molecule has 4 aromatic carbocycles. The largest absolute Gasteiger partial charge is 2.00 e. The van der Waals surface area contributed by atoms with Crippen LogP contribution in [0.4, 0.5) is 0 Å². The topological polar surface area (TPSA) is 156 Å². The van der Waals surface area contributed by atoms with Crippen LogP contribution in [-0.2, 0) is 21.9 Å². The molecule has 1 N–H and O–H groups in total. The maximum atomic E-state index is 11.7. The zero-order chi connectivity index (χ0) is 32.6.